The smallest absolute Gasteiger partial charge is 0.323 e. The Labute approximate surface area is 157 Å². The number of nitrogens with zero attached hydrogens (tertiary/aromatic N) is 2. The van der Waals surface area contributed by atoms with Crippen molar-refractivity contribution in [3.05, 3.63) is 66.5 Å². The molecule has 0 aliphatic carbocycles. The Kier molecular flexibility index (Phi) is 4.82. The van der Waals surface area contributed by atoms with Crippen molar-refractivity contribution in [1.82, 2.24) is 9.55 Å². The van der Waals surface area contributed by atoms with Crippen LogP contribution >= 0.6 is 12.4 Å². The maximum absolute atomic E-state index is 12.4. The molecule has 0 saturated carbocycles. The van der Waals surface area contributed by atoms with Crippen molar-refractivity contribution in [3.8, 4) is 0 Å². The van der Waals surface area contributed by atoms with Crippen LogP contribution in [0.15, 0.2) is 60.8 Å². The van der Waals surface area contributed by atoms with Crippen LogP contribution in [0, 0.1) is 6.92 Å². The van der Waals surface area contributed by atoms with E-state index in [9.17, 15) is 4.79 Å². The van der Waals surface area contributed by atoms with E-state index in [-0.39, 0.29) is 18.4 Å². The Morgan fingerprint density at radius 1 is 1.04 bits per heavy atom. The summed E-state index contributed by atoms with van der Waals surface area (Å²) in [5.74, 6) is 0. The molecule has 4 rings (SSSR count). The fourth-order valence-corrected chi connectivity index (χ4v) is 3.06. The normalized spacial score (nSPS) is 10.5. The fourth-order valence-electron chi connectivity index (χ4n) is 3.06. The minimum Gasteiger partial charge on any atom is -0.351 e. The highest BCUT2D eigenvalue weighted by molar-refractivity contribution is 6.06. The Hall–Kier alpha value is -3.05. The van der Waals surface area contributed by atoms with Crippen molar-refractivity contribution in [1.29, 1.82) is 0 Å². The summed E-state index contributed by atoms with van der Waals surface area (Å²) >= 11 is 0. The maximum Gasteiger partial charge on any atom is 0.323 e. The van der Waals surface area contributed by atoms with E-state index in [2.05, 4.69) is 15.6 Å². The molecule has 2 aromatic heterocycles. The lowest BCUT2D eigenvalue weighted by atomic mass is 10.1. The molecule has 0 unspecified atom stereocenters. The molecule has 5 nitrogen and oxygen atoms in total. The zero-order valence-electron chi connectivity index (χ0n) is 14.5. The molecule has 0 aliphatic rings. The molecule has 26 heavy (non-hydrogen) atoms. The summed E-state index contributed by atoms with van der Waals surface area (Å²) in [4.78, 5) is 16.9. The van der Waals surface area contributed by atoms with Crippen molar-refractivity contribution < 1.29 is 4.79 Å². The van der Waals surface area contributed by atoms with E-state index in [0.29, 0.717) is 0 Å². The summed E-state index contributed by atoms with van der Waals surface area (Å²) < 4.78 is 2.05. The number of halogens is 1. The molecule has 132 valence electrons. The van der Waals surface area contributed by atoms with Crippen LogP contribution in [0.4, 0.5) is 16.2 Å². The number of rotatable bonds is 2. The molecule has 0 fully saturated rings. The van der Waals surface area contributed by atoms with E-state index in [4.69, 9.17) is 0 Å². The van der Waals surface area contributed by atoms with Gasteiger partial charge in [-0.2, -0.15) is 0 Å². The highest BCUT2D eigenvalue weighted by atomic mass is 35.5. The van der Waals surface area contributed by atoms with Crippen LogP contribution in [0.3, 0.4) is 0 Å². The van der Waals surface area contributed by atoms with E-state index in [1.165, 1.54) is 0 Å². The van der Waals surface area contributed by atoms with Gasteiger partial charge in [-0.3, -0.25) is 4.98 Å². The number of anilines is 2. The number of benzene rings is 2. The Morgan fingerprint density at radius 2 is 1.85 bits per heavy atom. The Morgan fingerprint density at radius 3 is 2.69 bits per heavy atom. The van der Waals surface area contributed by atoms with Gasteiger partial charge >= 0.3 is 6.03 Å². The van der Waals surface area contributed by atoms with Crippen LogP contribution in [0.25, 0.3) is 21.8 Å². The van der Waals surface area contributed by atoms with Gasteiger partial charge in [-0.15, -0.1) is 12.4 Å². The minimum atomic E-state index is -0.272. The highest BCUT2D eigenvalue weighted by Gasteiger charge is 2.08. The van der Waals surface area contributed by atoms with Gasteiger partial charge in [0, 0.05) is 40.9 Å². The Bertz CT molecular complexity index is 1100. The molecule has 4 aromatic rings. The topological polar surface area (TPSA) is 59.0 Å². The summed E-state index contributed by atoms with van der Waals surface area (Å²) in [6.45, 7) is 1.92. The molecule has 0 atom stereocenters. The molecule has 2 N–H and O–H groups in total. The van der Waals surface area contributed by atoms with E-state index in [0.717, 1.165) is 38.9 Å². The van der Waals surface area contributed by atoms with Crippen LogP contribution in [-0.4, -0.2) is 15.6 Å². The van der Waals surface area contributed by atoms with E-state index in [1.54, 1.807) is 0 Å². The third-order valence-corrected chi connectivity index (χ3v) is 4.24. The number of urea groups is 1. The van der Waals surface area contributed by atoms with Gasteiger partial charge in [0.2, 0.25) is 0 Å². The van der Waals surface area contributed by atoms with Crippen LogP contribution in [0.1, 0.15) is 5.69 Å². The number of para-hydroxylation sites is 1. The van der Waals surface area contributed by atoms with Gasteiger partial charge in [-0.05, 0) is 43.3 Å². The second-order valence-corrected chi connectivity index (χ2v) is 6.11. The number of hydrogen-bond donors (Lipinski definition) is 2. The SMILES string of the molecule is Cc1cc(NC(=O)Nc2ccc3c(ccn3C)c2)c2ccccc2n1.Cl. The molecular formula is C20H19ClN4O. The van der Waals surface area contributed by atoms with Gasteiger partial charge < -0.3 is 15.2 Å². The summed E-state index contributed by atoms with van der Waals surface area (Å²) in [7, 11) is 2.00. The first-order valence-electron chi connectivity index (χ1n) is 8.10. The molecule has 2 amide bonds. The van der Waals surface area contributed by atoms with Gasteiger partial charge in [-0.1, -0.05) is 18.2 Å². The lowest BCUT2D eigenvalue weighted by Gasteiger charge is -2.11. The summed E-state index contributed by atoms with van der Waals surface area (Å²) in [5.41, 5.74) is 4.36. The van der Waals surface area contributed by atoms with Gasteiger partial charge in [0.05, 0.1) is 11.2 Å². The third kappa shape index (κ3) is 3.34. The first-order chi connectivity index (χ1) is 12.1. The average molecular weight is 367 g/mol. The first kappa shape index (κ1) is 17.8. The second kappa shape index (κ2) is 7.06. The number of hydrogen-bond acceptors (Lipinski definition) is 2. The Balaban J connectivity index is 0.00000196. The molecule has 0 radical (unpaired) electrons. The van der Waals surface area contributed by atoms with Crippen molar-refractivity contribution in [2.24, 2.45) is 7.05 Å². The average Bonchev–Trinajstić information content (AvgIpc) is 2.95. The maximum atomic E-state index is 12.4. The van der Waals surface area contributed by atoms with Crippen LogP contribution in [0.2, 0.25) is 0 Å². The molecule has 6 heteroatoms. The molecule has 0 aliphatic heterocycles. The van der Waals surface area contributed by atoms with Gasteiger partial charge in [-0.25, -0.2) is 4.79 Å². The van der Waals surface area contributed by atoms with Crippen LogP contribution < -0.4 is 10.6 Å². The van der Waals surface area contributed by atoms with Crippen LogP contribution in [-0.2, 0) is 7.05 Å². The van der Waals surface area contributed by atoms with Gasteiger partial charge in [0.15, 0.2) is 0 Å². The summed E-state index contributed by atoms with van der Waals surface area (Å²) in [6, 6.07) is 17.3. The predicted molar refractivity (Wildman–Crippen MR) is 109 cm³/mol. The highest BCUT2D eigenvalue weighted by Crippen LogP contribution is 2.24. The van der Waals surface area contributed by atoms with Crippen molar-refractivity contribution in [2.45, 2.75) is 6.92 Å². The largest absolute Gasteiger partial charge is 0.351 e. The second-order valence-electron chi connectivity index (χ2n) is 6.11. The van der Waals surface area contributed by atoms with E-state index >= 15 is 0 Å². The zero-order valence-corrected chi connectivity index (χ0v) is 15.3. The molecule has 0 spiro atoms. The predicted octanol–water partition coefficient (Wildman–Crippen LogP) is 5.10. The minimum absolute atomic E-state index is 0. The van der Waals surface area contributed by atoms with Crippen molar-refractivity contribution >= 4 is 51.6 Å². The fraction of sp³-hybridized carbons (Fsp3) is 0.100. The number of amides is 2. The standard InChI is InChI=1S/C20H18N4O.ClH/c1-13-11-18(16-5-3-4-6-17(16)21-13)23-20(25)22-15-7-8-19-14(12-15)9-10-24(19)2;/h3-12H,1-2H3,(H2,21,22,23,25);1H. The number of aryl methyl sites for hydroxylation is 2. The number of aromatic nitrogens is 2. The first-order valence-corrected chi connectivity index (χ1v) is 8.10. The number of carbonyl (C=O) groups is 1. The number of nitrogens with one attached hydrogen (secondary N) is 2. The van der Waals surface area contributed by atoms with Crippen molar-refractivity contribution in [3.63, 3.8) is 0 Å². The third-order valence-electron chi connectivity index (χ3n) is 4.24. The molecular weight excluding hydrogens is 348 g/mol. The quantitative estimate of drug-likeness (QED) is 0.518. The summed E-state index contributed by atoms with van der Waals surface area (Å²) in [5, 5.41) is 7.84. The monoisotopic (exact) mass is 366 g/mol. The van der Waals surface area contributed by atoms with E-state index in [1.807, 2.05) is 79.3 Å². The lowest BCUT2D eigenvalue weighted by Crippen LogP contribution is -2.19. The number of carbonyl (C=O) groups excluding carboxylic acids is 1. The molecule has 2 aromatic carbocycles. The summed E-state index contributed by atoms with van der Waals surface area (Å²) in [6.07, 6.45) is 2.00. The van der Waals surface area contributed by atoms with Gasteiger partial charge in [0.1, 0.15) is 0 Å². The van der Waals surface area contributed by atoms with Gasteiger partial charge in [0.25, 0.3) is 0 Å². The molecule has 0 saturated heterocycles. The van der Waals surface area contributed by atoms with E-state index < -0.39 is 0 Å². The number of fused-ring (bicyclic) bond motifs is 2. The van der Waals surface area contributed by atoms with Crippen molar-refractivity contribution in [2.75, 3.05) is 10.6 Å². The molecule has 2 heterocycles. The number of pyridine rings is 1. The molecule has 0 bridgehead atoms. The lowest BCUT2D eigenvalue weighted by molar-refractivity contribution is 0.262. The van der Waals surface area contributed by atoms with Crippen LogP contribution in [0.5, 0.6) is 0 Å². The zero-order chi connectivity index (χ0) is 17.4.